The summed E-state index contributed by atoms with van der Waals surface area (Å²) in [5.41, 5.74) is 0. The molecule has 0 aliphatic heterocycles. The number of nitrogens with zero attached hydrogens (tertiary/aromatic N) is 4. The molecule has 2 N–H and O–H groups in total. The molecule has 2 heterocycles. The molecule has 10 heteroatoms. The van der Waals surface area contributed by atoms with Gasteiger partial charge in [-0.05, 0) is 36.4 Å². The van der Waals surface area contributed by atoms with Crippen molar-refractivity contribution < 1.29 is 9.15 Å². The van der Waals surface area contributed by atoms with E-state index >= 15 is 0 Å². The smallest absolute Gasteiger partial charge is 0.216 e. The molecule has 156 valence electrons. The quantitative estimate of drug-likeness (QED) is 0.263. The number of benzene rings is 1. The van der Waals surface area contributed by atoms with Crippen LogP contribution in [0.5, 0.6) is 5.75 Å². The highest BCUT2D eigenvalue weighted by atomic mass is 127. The fraction of sp³-hybridized carbons (Fsp3) is 0.316. The van der Waals surface area contributed by atoms with Gasteiger partial charge in [0.05, 0.1) is 12.8 Å². The number of hydrogen-bond donors (Lipinski definition) is 2. The van der Waals surface area contributed by atoms with Crippen LogP contribution in [0.25, 0.3) is 11.6 Å². The molecule has 0 amide bonds. The average molecular weight is 531 g/mol. The van der Waals surface area contributed by atoms with Crippen LogP contribution in [0.15, 0.2) is 52.1 Å². The van der Waals surface area contributed by atoms with E-state index in [0.717, 1.165) is 17.5 Å². The van der Waals surface area contributed by atoms with E-state index in [1.807, 2.05) is 48.3 Å². The lowest BCUT2D eigenvalue weighted by atomic mass is 10.3. The number of H-pyrrole nitrogens is 1. The Balaban J connectivity index is 0.00000300. The van der Waals surface area contributed by atoms with Gasteiger partial charge in [-0.25, -0.2) is 4.98 Å². The van der Waals surface area contributed by atoms with Crippen molar-refractivity contribution in [1.82, 2.24) is 25.4 Å². The Labute approximate surface area is 191 Å². The molecule has 0 spiro atoms. The number of halogens is 2. The van der Waals surface area contributed by atoms with E-state index < -0.39 is 0 Å². The molecule has 0 atom stereocenters. The lowest BCUT2D eigenvalue weighted by Gasteiger charge is -2.22. The summed E-state index contributed by atoms with van der Waals surface area (Å²) in [6, 6.07) is 11.0. The van der Waals surface area contributed by atoms with E-state index in [4.69, 9.17) is 20.8 Å². The van der Waals surface area contributed by atoms with Gasteiger partial charge in [-0.3, -0.25) is 10.1 Å². The molecule has 3 aromatic rings. The summed E-state index contributed by atoms with van der Waals surface area (Å²) in [7, 11) is 3.71. The second kappa shape index (κ2) is 11.7. The van der Waals surface area contributed by atoms with Crippen LogP contribution in [0.2, 0.25) is 5.02 Å². The summed E-state index contributed by atoms with van der Waals surface area (Å²) in [5.74, 6) is 3.56. The molecule has 0 bridgehead atoms. The minimum absolute atomic E-state index is 0. The first-order chi connectivity index (χ1) is 13.7. The fourth-order valence-electron chi connectivity index (χ4n) is 2.54. The molecular formula is C19H24ClIN6O2. The second-order valence-electron chi connectivity index (χ2n) is 6.03. The number of guanidine groups is 1. The van der Waals surface area contributed by atoms with Crippen LogP contribution in [0, 0.1) is 0 Å². The summed E-state index contributed by atoms with van der Waals surface area (Å²) in [6.07, 6.45) is 2.28. The zero-order valence-corrected chi connectivity index (χ0v) is 19.3. The lowest BCUT2D eigenvalue weighted by Crippen LogP contribution is -2.41. The Kier molecular flexibility index (Phi) is 9.26. The van der Waals surface area contributed by atoms with Crippen molar-refractivity contribution in [2.75, 3.05) is 33.8 Å². The Morgan fingerprint density at radius 3 is 2.79 bits per heavy atom. The van der Waals surface area contributed by atoms with Gasteiger partial charge in [0.15, 0.2) is 11.7 Å². The molecule has 0 radical (unpaired) electrons. The third-order valence-corrected chi connectivity index (χ3v) is 4.25. The van der Waals surface area contributed by atoms with Crippen LogP contribution in [0.1, 0.15) is 5.82 Å². The van der Waals surface area contributed by atoms with Gasteiger partial charge in [-0.1, -0.05) is 11.6 Å². The zero-order valence-electron chi connectivity index (χ0n) is 16.3. The summed E-state index contributed by atoms with van der Waals surface area (Å²) in [6.45, 7) is 1.89. The van der Waals surface area contributed by atoms with Crippen molar-refractivity contribution in [3.8, 4) is 17.3 Å². The maximum absolute atomic E-state index is 5.87. The van der Waals surface area contributed by atoms with Crippen LogP contribution >= 0.6 is 35.6 Å². The molecule has 0 unspecified atom stereocenters. The van der Waals surface area contributed by atoms with Crippen molar-refractivity contribution in [1.29, 1.82) is 0 Å². The van der Waals surface area contributed by atoms with Crippen molar-refractivity contribution >= 4 is 41.5 Å². The van der Waals surface area contributed by atoms with Gasteiger partial charge < -0.3 is 19.4 Å². The van der Waals surface area contributed by atoms with Gasteiger partial charge in [0.25, 0.3) is 0 Å². The first kappa shape index (κ1) is 23.0. The molecule has 3 rings (SSSR count). The monoisotopic (exact) mass is 530 g/mol. The van der Waals surface area contributed by atoms with Gasteiger partial charge in [0.2, 0.25) is 5.82 Å². The van der Waals surface area contributed by atoms with Gasteiger partial charge in [-0.2, -0.15) is 5.10 Å². The topological polar surface area (TPSA) is 91.6 Å². The van der Waals surface area contributed by atoms with Crippen LogP contribution in [0.4, 0.5) is 0 Å². The number of aromatic nitrogens is 3. The number of hydrogen-bond acceptors (Lipinski definition) is 5. The highest BCUT2D eigenvalue weighted by Crippen LogP contribution is 2.15. The molecule has 8 nitrogen and oxygen atoms in total. The van der Waals surface area contributed by atoms with Crippen molar-refractivity contribution in [2.45, 2.75) is 6.42 Å². The van der Waals surface area contributed by atoms with Gasteiger partial charge >= 0.3 is 0 Å². The number of ether oxygens (including phenoxy) is 1. The number of likely N-dealkylation sites (N-methyl/N-ethyl adjacent to an activating group) is 1. The van der Waals surface area contributed by atoms with Crippen molar-refractivity contribution in [3.63, 3.8) is 0 Å². The molecule has 1 aromatic carbocycles. The lowest BCUT2D eigenvalue weighted by molar-refractivity contribution is 0.281. The Bertz CT molecular complexity index is 883. The molecule has 0 saturated carbocycles. The highest BCUT2D eigenvalue weighted by molar-refractivity contribution is 14.0. The summed E-state index contributed by atoms with van der Waals surface area (Å²) < 4.78 is 11.0. The number of nitrogens with one attached hydrogen (secondary N) is 2. The molecule has 0 fully saturated rings. The standard InChI is InChI=1S/C19H23ClN6O2.HI/c1-21-19(26(2)11-13-27-15-7-5-14(20)6-8-15)22-10-9-17-23-18(25-24-17)16-4-3-12-28-16;/h3-8,12H,9-11,13H2,1-2H3,(H,21,22)(H,23,24,25);1H. The predicted molar refractivity (Wildman–Crippen MR) is 124 cm³/mol. The maximum Gasteiger partial charge on any atom is 0.216 e. The van der Waals surface area contributed by atoms with Crippen LogP contribution in [-0.4, -0.2) is 59.8 Å². The number of aromatic amines is 1. The number of aliphatic imine (C=N–C) groups is 1. The summed E-state index contributed by atoms with van der Waals surface area (Å²) in [4.78, 5) is 10.7. The average Bonchev–Trinajstić information content (AvgIpc) is 3.38. The first-order valence-electron chi connectivity index (χ1n) is 8.91. The minimum Gasteiger partial charge on any atom is -0.492 e. The van der Waals surface area contributed by atoms with E-state index in [1.165, 1.54) is 0 Å². The number of furan rings is 1. The van der Waals surface area contributed by atoms with E-state index in [2.05, 4.69) is 25.5 Å². The molecule has 0 aliphatic carbocycles. The largest absolute Gasteiger partial charge is 0.492 e. The molecule has 2 aromatic heterocycles. The Hall–Kier alpha value is -2.27. The van der Waals surface area contributed by atoms with E-state index in [-0.39, 0.29) is 24.0 Å². The molecule has 0 saturated heterocycles. The minimum atomic E-state index is 0. The maximum atomic E-state index is 5.87. The predicted octanol–water partition coefficient (Wildman–Crippen LogP) is 3.46. The zero-order chi connectivity index (χ0) is 19.8. The van der Waals surface area contributed by atoms with Crippen LogP contribution < -0.4 is 10.1 Å². The van der Waals surface area contributed by atoms with Gasteiger partial charge in [-0.15, -0.1) is 24.0 Å². The molecule has 0 aliphatic rings. The van der Waals surface area contributed by atoms with Crippen LogP contribution in [-0.2, 0) is 6.42 Å². The van der Waals surface area contributed by atoms with E-state index in [9.17, 15) is 0 Å². The second-order valence-corrected chi connectivity index (χ2v) is 6.47. The van der Waals surface area contributed by atoms with Gasteiger partial charge in [0, 0.05) is 32.1 Å². The molecule has 29 heavy (non-hydrogen) atoms. The summed E-state index contributed by atoms with van der Waals surface area (Å²) in [5, 5.41) is 11.1. The SMILES string of the molecule is CN=C(NCCc1nc(-c2ccco2)n[nH]1)N(C)CCOc1ccc(Cl)cc1.I. The third kappa shape index (κ3) is 6.93. The Morgan fingerprint density at radius 1 is 1.31 bits per heavy atom. The van der Waals surface area contributed by atoms with E-state index in [0.29, 0.717) is 42.7 Å². The highest BCUT2D eigenvalue weighted by Gasteiger charge is 2.09. The van der Waals surface area contributed by atoms with Crippen LogP contribution in [0.3, 0.4) is 0 Å². The fourth-order valence-corrected chi connectivity index (χ4v) is 2.66. The number of rotatable bonds is 8. The van der Waals surface area contributed by atoms with Crippen molar-refractivity contribution in [3.05, 3.63) is 53.5 Å². The summed E-state index contributed by atoms with van der Waals surface area (Å²) >= 11 is 5.87. The third-order valence-electron chi connectivity index (χ3n) is 4.00. The van der Waals surface area contributed by atoms with E-state index in [1.54, 1.807) is 13.3 Å². The first-order valence-corrected chi connectivity index (χ1v) is 9.29. The Morgan fingerprint density at radius 2 is 2.10 bits per heavy atom. The normalized spacial score (nSPS) is 11.1. The molecular weight excluding hydrogens is 507 g/mol. The van der Waals surface area contributed by atoms with Crippen molar-refractivity contribution in [2.24, 2.45) is 4.99 Å². The van der Waals surface area contributed by atoms with Gasteiger partial charge in [0.1, 0.15) is 18.2 Å².